The van der Waals surface area contributed by atoms with E-state index in [1.807, 2.05) is 51.1 Å². The topological polar surface area (TPSA) is 69.9 Å². The highest BCUT2D eigenvalue weighted by atomic mass is 16.5. The predicted octanol–water partition coefficient (Wildman–Crippen LogP) is 5.37. The number of rotatable bonds is 10. The molecule has 0 saturated carbocycles. The van der Waals surface area contributed by atoms with Crippen LogP contribution in [0.2, 0.25) is 0 Å². The van der Waals surface area contributed by atoms with E-state index in [2.05, 4.69) is 5.32 Å². The smallest absolute Gasteiger partial charge is 0.244 e. The van der Waals surface area contributed by atoms with Gasteiger partial charge in [0.1, 0.15) is 17.1 Å². The summed E-state index contributed by atoms with van der Waals surface area (Å²) in [6.07, 6.45) is 4.12. The Kier molecular flexibility index (Phi) is 7.95. The zero-order chi connectivity index (χ0) is 23.1. The molecule has 170 valence electrons. The van der Waals surface area contributed by atoms with Gasteiger partial charge in [0.05, 0.1) is 20.0 Å². The molecule has 0 bridgehead atoms. The van der Waals surface area contributed by atoms with Crippen molar-refractivity contribution in [2.75, 3.05) is 34.0 Å². The first-order chi connectivity index (χ1) is 15.5. The molecule has 2 aromatic carbocycles. The van der Waals surface area contributed by atoms with Crippen molar-refractivity contribution >= 4 is 22.4 Å². The second-order valence-corrected chi connectivity index (χ2v) is 7.50. The zero-order valence-electron chi connectivity index (χ0n) is 19.4. The number of carbonyl (C=O) groups excluding carboxylic acids is 1. The molecule has 32 heavy (non-hydrogen) atoms. The van der Waals surface area contributed by atoms with Crippen LogP contribution in [0.15, 0.2) is 47.1 Å². The summed E-state index contributed by atoms with van der Waals surface area (Å²) in [5.74, 6) is 1.35. The van der Waals surface area contributed by atoms with Gasteiger partial charge in [-0.25, -0.2) is 0 Å². The molecular formula is C26H31NO5. The summed E-state index contributed by atoms with van der Waals surface area (Å²) in [7, 11) is 3.30. The van der Waals surface area contributed by atoms with Gasteiger partial charge in [-0.1, -0.05) is 18.2 Å². The maximum atomic E-state index is 12.4. The number of hydrogen-bond acceptors (Lipinski definition) is 5. The molecule has 3 rings (SSSR count). The van der Waals surface area contributed by atoms with E-state index in [-0.39, 0.29) is 5.91 Å². The lowest BCUT2D eigenvalue weighted by molar-refractivity contribution is -0.116. The van der Waals surface area contributed by atoms with Gasteiger partial charge in [0.2, 0.25) is 5.91 Å². The lowest BCUT2D eigenvalue weighted by atomic mass is 9.96. The molecule has 3 aromatic rings. The molecule has 1 aromatic heterocycles. The fourth-order valence-electron chi connectivity index (χ4n) is 3.77. The summed E-state index contributed by atoms with van der Waals surface area (Å²) in [5.41, 5.74) is 5.21. The number of para-hydroxylation sites is 1. The molecule has 1 amide bonds. The lowest BCUT2D eigenvalue weighted by Crippen LogP contribution is -2.23. The quantitative estimate of drug-likeness (QED) is 0.341. The van der Waals surface area contributed by atoms with E-state index in [1.165, 1.54) is 0 Å². The van der Waals surface area contributed by atoms with Gasteiger partial charge >= 0.3 is 0 Å². The molecule has 1 heterocycles. The van der Waals surface area contributed by atoms with Gasteiger partial charge in [0, 0.05) is 54.0 Å². The minimum Gasteiger partial charge on any atom is -0.496 e. The van der Waals surface area contributed by atoms with E-state index in [9.17, 15) is 4.79 Å². The summed E-state index contributed by atoms with van der Waals surface area (Å²) in [6, 6.07) is 9.87. The molecule has 0 fully saturated rings. The van der Waals surface area contributed by atoms with Crippen molar-refractivity contribution in [3.63, 3.8) is 0 Å². The molecule has 6 heteroatoms. The van der Waals surface area contributed by atoms with Crippen LogP contribution in [-0.4, -0.2) is 39.9 Å². The lowest BCUT2D eigenvalue weighted by Gasteiger charge is -2.15. The second-order valence-electron chi connectivity index (χ2n) is 7.50. The fraction of sp³-hybridized carbons (Fsp3) is 0.346. The third-order valence-electron chi connectivity index (χ3n) is 5.33. The number of furan rings is 1. The third kappa shape index (κ3) is 4.97. The van der Waals surface area contributed by atoms with Crippen LogP contribution in [0.1, 0.15) is 31.4 Å². The normalized spacial score (nSPS) is 11.6. The van der Waals surface area contributed by atoms with Gasteiger partial charge in [0.25, 0.3) is 0 Å². The van der Waals surface area contributed by atoms with E-state index >= 15 is 0 Å². The number of ether oxygens (including phenoxy) is 3. The average Bonchev–Trinajstić information content (AvgIpc) is 3.22. The monoisotopic (exact) mass is 437 g/mol. The van der Waals surface area contributed by atoms with E-state index in [0.717, 1.165) is 56.7 Å². The standard InChI is InChI=1S/C26H31NO5/c1-6-31-25-18(3)26-21(22(16-32-26)19-10-7-8-11-23(19)30-5)15-20(25)17(2)14-24(28)27-12-9-13-29-4/h7-8,10-11,14-16H,6,9,12-13H2,1-5H3,(H,27,28)/b17-14+. The highest BCUT2D eigenvalue weighted by Crippen LogP contribution is 2.42. The molecule has 0 unspecified atom stereocenters. The fourth-order valence-corrected chi connectivity index (χ4v) is 3.77. The Hall–Kier alpha value is -3.25. The van der Waals surface area contributed by atoms with Crippen molar-refractivity contribution in [3.8, 4) is 22.6 Å². The van der Waals surface area contributed by atoms with Crippen molar-refractivity contribution in [1.29, 1.82) is 0 Å². The van der Waals surface area contributed by atoms with Crippen molar-refractivity contribution < 1.29 is 23.4 Å². The van der Waals surface area contributed by atoms with Gasteiger partial charge in [-0.3, -0.25) is 4.79 Å². The van der Waals surface area contributed by atoms with Crippen LogP contribution >= 0.6 is 0 Å². The van der Waals surface area contributed by atoms with Gasteiger partial charge in [-0.15, -0.1) is 0 Å². The summed E-state index contributed by atoms with van der Waals surface area (Å²) in [4.78, 5) is 12.4. The summed E-state index contributed by atoms with van der Waals surface area (Å²) < 4.78 is 22.5. The van der Waals surface area contributed by atoms with E-state index < -0.39 is 0 Å². The molecule has 0 spiro atoms. The van der Waals surface area contributed by atoms with Crippen LogP contribution in [0, 0.1) is 6.92 Å². The Bertz CT molecular complexity index is 1110. The summed E-state index contributed by atoms with van der Waals surface area (Å²) in [6.45, 7) is 7.52. The number of allylic oxidation sites excluding steroid dienone is 1. The minimum absolute atomic E-state index is 0.143. The largest absolute Gasteiger partial charge is 0.496 e. The zero-order valence-corrected chi connectivity index (χ0v) is 19.4. The van der Waals surface area contributed by atoms with Crippen LogP contribution in [0.3, 0.4) is 0 Å². The van der Waals surface area contributed by atoms with Gasteiger partial charge in [-0.05, 0) is 44.9 Å². The first-order valence-corrected chi connectivity index (χ1v) is 10.8. The van der Waals surface area contributed by atoms with E-state index in [1.54, 1.807) is 26.6 Å². The molecule has 6 nitrogen and oxygen atoms in total. The molecule has 0 aliphatic heterocycles. The van der Waals surface area contributed by atoms with E-state index in [0.29, 0.717) is 19.8 Å². The van der Waals surface area contributed by atoms with Crippen molar-refractivity contribution in [2.24, 2.45) is 0 Å². The predicted molar refractivity (Wildman–Crippen MR) is 127 cm³/mol. The molecule has 0 aliphatic carbocycles. The van der Waals surface area contributed by atoms with E-state index in [4.69, 9.17) is 18.6 Å². The number of methoxy groups -OCH3 is 2. The number of benzene rings is 2. The first kappa shape index (κ1) is 23.4. The Morgan fingerprint density at radius 3 is 2.69 bits per heavy atom. The van der Waals surface area contributed by atoms with Crippen molar-refractivity contribution in [3.05, 3.63) is 53.8 Å². The van der Waals surface area contributed by atoms with Crippen LogP contribution in [0.25, 0.3) is 27.7 Å². The summed E-state index contributed by atoms with van der Waals surface area (Å²) >= 11 is 0. The molecule has 0 radical (unpaired) electrons. The summed E-state index contributed by atoms with van der Waals surface area (Å²) in [5, 5.41) is 3.84. The number of aryl methyl sites for hydroxylation is 1. The molecule has 0 saturated heterocycles. The molecular weight excluding hydrogens is 406 g/mol. The van der Waals surface area contributed by atoms with Crippen molar-refractivity contribution in [2.45, 2.75) is 27.2 Å². The molecule has 0 aliphatic rings. The number of hydrogen-bond donors (Lipinski definition) is 1. The highest BCUT2D eigenvalue weighted by Gasteiger charge is 2.20. The Balaban J connectivity index is 2.07. The Morgan fingerprint density at radius 1 is 1.19 bits per heavy atom. The molecule has 0 atom stereocenters. The minimum atomic E-state index is -0.143. The van der Waals surface area contributed by atoms with Gasteiger partial charge in [-0.2, -0.15) is 0 Å². The molecule has 1 N–H and O–H groups in total. The Morgan fingerprint density at radius 2 is 1.97 bits per heavy atom. The van der Waals surface area contributed by atoms with Crippen LogP contribution in [-0.2, 0) is 9.53 Å². The number of amides is 1. The SMILES string of the molecule is CCOc1c(/C(C)=C/C(=O)NCCCOC)cc2c(-c3ccccc3OC)coc2c1C. The number of fused-ring (bicyclic) bond motifs is 1. The van der Waals surface area contributed by atoms with Gasteiger partial charge in [0.15, 0.2) is 0 Å². The Labute approximate surface area is 189 Å². The number of nitrogens with one attached hydrogen (secondary N) is 1. The van der Waals surface area contributed by atoms with Crippen LogP contribution < -0.4 is 14.8 Å². The van der Waals surface area contributed by atoms with Crippen LogP contribution in [0.5, 0.6) is 11.5 Å². The third-order valence-corrected chi connectivity index (χ3v) is 5.33. The maximum absolute atomic E-state index is 12.4. The highest BCUT2D eigenvalue weighted by molar-refractivity contribution is 6.02. The first-order valence-electron chi connectivity index (χ1n) is 10.8. The van der Waals surface area contributed by atoms with Crippen LogP contribution in [0.4, 0.5) is 0 Å². The second kappa shape index (κ2) is 10.9. The van der Waals surface area contributed by atoms with Gasteiger partial charge < -0.3 is 23.9 Å². The average molecular weight is 438 g/mol. The number of carbonyl (C=O) groups is 1. The maximum Gasteiger partial charge on any atom is 0.244 e. The van der Waals surface area contributed by atoms with Crippen molar-refractivity contribution in [1.82, 2.24) is 5.32 Å².